The minimum Gasteiger partial charge on any atom is -0.508 e. The van der Waals surface area contributed by atoms with Gasteiger partial charge in [0.2, 0.25) is 0 Å². The number of carbonyl (C=O) groups excluding carboxylic acids is 1. The third-order valence-corrected chi connectivity index (χ3v) is 3.64. The first-order valence-electron chi connectivity index (χ1n) is 5.99. The van der Waals surface area contributed by atoms with Gasteiger partial charge in [-0.25, -0.2) is 0 Å². The molecular formula is C15H14BrNO3. The SMILES string of the molecule is CN(Cc1ccccc1Br)C(=O)c1cc(O)cc(O)c1. The minimum atomic E-state index is -0.271. The van der Waals surface area contributed by atoms with Crippen LogP contribution in [0.2, 0.25) is 0 Å². The van der Waals surface area contributed by atoms with Crippen LogP contribution in [0.15, 0.2) is 46.9 Å². The zero-order valence-electron chi connectivity index (χ0n) is 10.9. The number of rotatable bonds is 3. The average Bonchev–Trinajstić information content (AvgIpc) is 2.39. The van der Waals surface area contributed by atoms with E-state index in [1.165, 1.54) is 23.1 Å². The highest BCUT2D eigenvalue weighted by atomic mass is 79.9. The number of carbonyl (C=O) groups is 1. The molecule has 2 aromatic carbocycles. The Balaban J connectivity index is 2.18. The molecule has 20 heavy (non-hydrogen) atoms. The van der Waals surface area contributed by atoms with Crippen LogP contribution in [0.3, 0.4) is 0 Å². The van der Waals surface area contributed by atoms with Crippen LogP contribution < -0.4 is 0 Å². The Bertz CT molecular complexity index is 623. The predicted octanol–water partition coefficient (Wildman–Crippen LogP) is 3.13. The molecular weight excluding hydrogens is 322 g/mol. The Labute approximate surface area is 125 Å². The van der Waals surface area contributed by atoms with Gasteiger partial charge in [0, 0.05) is 29.7 Å². The summed E-state index contributed by atoms with van der Waals surface area (Å²) in [6.45, 7) is 0.427. The summed E-state index contributed by atoms with van der Waals surface area (Å²) in [5, 5.41) is 18.8. The number of hydrogen-bond donors (Lipinski definition) is 2. The number of halogens is 1. The molecule has 0 radical (unpaired) electrons. The average molecular weight is 336 g/mol. The van der Waals surface area contributed by atoms with E-state index in [0.717, 1.165) is 10.0 Å². The Morgan fingerprint density at radius 1 is 1.15 bits per heavy atom. The van der Waals surface area contributed by atoms with E-state index in [4.69, 9.17) is 0 Å². The molecule has 0 saturated heterocycles. The number of aromatic hydroxyl groups is 2. The number of amides is 1. The van der Waals surface area contributed by atoms with Gasteiger partial charge in [0.25, 0.3) is 5.91 Å². The molecule has 0 atom stereocenters. The lowest BCUT2D eigenvalue weighted by atomic mass is 10.1. The van der Waals surface area contributed by atoms with E-state index in [9.17, 15) is 15.0 Å². The fraction of sp³-hybridized carbons (Fsp3) is 0.133. The second-order valence-electron chi connectivity index (χ2n) is 4.49. The van der Waals surface area contributed by atoms with Crippen molar-refractivity contribution >= 4 is 21.8 Å². The first-order chi connectivity index (χ1) is 9.47. The lowest BCUT2D eigenvalue weighted by Gasteiger charge is -2.18. The monoisotopic (exact) mass is 335 g/mol. The van der Waals surface area contributed by atoms with E-state index >= 15 is 0 Å². The molecule has 0 unspecified atom stereocenters. The van der Waals surface area contributed by atoms with E-state index in [0.29, 0.717) is 6.54 Å². The molecule has 0 fully saturated rings. The van der Waals surface area contributed by atoms with Crippen molar-refractivity contribution in [3.63, 3.8) is 0 Å². The number of phenolic OH excluding ortho intramolecular Hbond substituents is 2. The zero-order chi connectivity index (χ0) is 14.7. The van der Waals surface area contributed by atoms with Gasteiger partial charge < -0.3 is 15.1 Å². The maximum absolute atomic E-state index is 12.3. The largest absolute Gasteiger partial charge is 0.508 e. The van der Waals surface area contributed by atoms with Gasteiger partial charge in [-0.2, -0.15) is 0 Å². The smallest absolute Gasteiger partial charge is 0.254 e. The summed E-state index contributed by atoms with van der Waals surface area (Å²) >= 11 is 3.44. The minimum absolute atomic E-state index is 0.136. The maximum Gasteiger partial charge on any atom is 0.254 e. The molecule has 0 bridgehead atoms. The summed E-state index contributed by atoms with van der Waals surface area (Å²) in [6.07, 6.45) is 0. The molecule has 0 spiro atoms. The first kappa shape index (κ1) is 14.4. The normalized spacial score (nSPS) is 10.3. The molecule has 4 nitrogen and oxygen atoms in total. The van der Waals surface area contributed by atoms with E-state index in [1.54, 1.807) is 7.05 Å². The summed E-state index contributed by atoms with van der Waals surface area (Å²) in [6, 6.07) is 11.5. The van der Waals surface area contributed by atoms with Crippen LogP contribution in [0.4, 0.5) is 0 Å². The van der Waals surface area contributed by atoms with Crippen molar-refractivity contribution in [2.45, 2.75) is 6.54 Å². The number of phenols is 2. The van der Waals surface area contributed by atoms with E-state index in [-0.39, 0.29) is 23.0 Å². The van der Waals surface area contributed by atoms with Crippen molar-refractivity contribution < 1.29 is 15.0 Å². The quantitative estimate of drug-likeness (QED) is 0.905. The fourth-order valence-corrected chi connectivity index (χ4v) is 2.30. The van der Waals surface area contributed by atoms with Crippen LogP contribution in [0.1, 0.15) is 15.9 Å². The summed E-state index contributed by atoms with van der Waals surface area (Å²) < 4.78 is 0.929. The molecule has 2 aromatic rings. The van der Waals surface area contributed by atoms with Crippen LogP contribution in [0.25, 0.3) is 0 Å². The fourth-order valence-electron chi connectivity index (χ4n) is 1.89. The van der Waals surface area contributed by atoms with Gasteiger partial charge in [0.15, 0.2) is 0 Å². The van der Waals surface area contributed by atoms with E-state index < -0.39 is 0 Å². The Hall–Kier alpha value is -2.01. The molecule has 0 aliphatic rings. The van der Waals surface area contributed by atoms with Gasteiger partial charge in [-0.15, -0.1) is 0 Å². The molecule has 0 aromatic heterocycles. The molecule has 2 N–H and O–H groups in total. The number of hydrogen-bond acceptors (Lipinski definition) is 3. The zero-order valence-corrected chi connectivity index (χ0v) is 12.5. The second kappa shape index (κ2) is 5.96. The Morgan fingerprint density at radius 3 is 2.35 bits per heavy atom. The van der Waals surface area contributed by atoms with Gasteiger partial charge in [0.05, 0.1) is 0 Å². The van der Waals surface area contributed by atoms with Crippen LogP contribution in [-0.4, -0.2) is 28.1 Å². The van der Waals surface area contributed by atoms with Crippen LogP contribution >= 0.6 is 15.9 Å². The molecule has 5 heteroatoms. The predicted molar refractivity (Wildman–Crippen MR) is 79.7 cm³/mol. The van der Waals surface area contributed by atoms with Crippen molar-refractivity contribution in [3.8, 4) is 11.5 Å². The molecule has 0 saturated carbocycles. The second-order valence-corrected chi connectivity index (χ2v) is 5.35. The topological polar surface area (TPSA) is 60.8 Å². The summed E-state index contributed by atoms with van der Waals surface area (Å²) in [5.74, 6) is -0.544. The summed E-state index contributed by atoms with van der Waals surface area (Å²) in [7, 11) is 1.67. The molecule has 104 valence electrons. The first-order valence-corrected chi connectivity index (χ1v) is 6.78. The van der Waals surface area contributed by atoms with Crippen molar-refractivity contribution in [3.05, 3.63) is 58.1 Å². The Kier molecular flexibility index (Phi) is 4.29. The highest BCUT2D eigenvalue weighted by molar-refractivity contribution is 9.10. The third-order valence-electron chi connectivity index (χ3n) is 2.86. The summed E-state index contributed by atoms with van der Waals surface area (Å²) in [4.78, 5) is 13.8. The van der Waals surface area contributed by atoms with Gasteiger partial charge in [-0.05, 0) is 23.8 Å². The highest BCUT2D eigenvalue weighted by Gasteiger charge is 2.14. The lowest BCUT2D eigenvalue weighted by molar-refractivity contribution is 0.0784. The standard InChI is InChI=1S/C15H14BrNO3/c1-17(9-10-4-2-3-5-14(10)16)15(20)11-6-12(18)8-13(19)7-11/h2-8,18-19H,9H2,1H3. The van der Waals surface area contributed by atoms with Crippen LogP contribution in [-0.2, 0) is 6.54 Å². The highest BCUT2D eigenvalue weighted by Crippen LogP contribution is 2.22. The van der Waals surface area contributed by atoms with Gasteiger partial charge in [-0.3, -0.25) is 4.79 Å². The van der Waals surface area contributed by atoms with Crippen molar-refractivity contribution in [1.29, 1.82) is 0 Å². The van der Waals surface area contributed by atoms with Crippen molar-refractivity contribution in [2.75, 3.05) is 7.05 Å². The van der Waals surface area contributed by atoms with Crippen LogP contribution in [0.5, 0.6) is 11.5 Å². The van der Waals surface area contributed by atoms with E-state index in [1.807, 2.05) is 24.3 Å². The maximum atomic E-state index is 12.3. The lowest BCUT2D eigenvalue weighted by Crippen LogP contribution is -2.26. The number of benzene rings is 2. The van der Waals surface area contributed by atoms with Gasteiger partial charge >= 0.3 is 0 Å². The van der Waals surface area contributed by atoms with Crippen molar-refractivity contribution in [1.82, 2.24) is 4.90 Å². The molecule has 0 aliphatic heterocycles. The van der Waals surface area contributed by atoms with Gasteiger partial charge in [-0.1, -0.05) is 34.1 Å². The molecule has 0 aliphatic carbocycles. The Morgan fingerprint density at radius 2 is 1.75 bits per heavy atom. The van der Waals surface area contributed by atoms with Crippen molar-refractivity contribution in [2.24, 2.45) is 0 Å². The molecule has 1 amide bonds. The number of nitrogens with zero attached hydrogens (tertiary/aromatic N) is 1. The van der Waals surface area contributed by atoms with Crippen LogP contribution in [0, 0.1) is 0 Å². The molecule has 0 heterocycles. The van der Waals surface area contributed by atoms with E-state index in [2.05, 4.69) is 15.9 Å². The third kappa shape index (κ3) is 3.30. The van der Waals surface area contributed by atoms with Gasteiger partial charge in [0.1, 0.15) is 11.5 Å². The summed E-state index contributed by atoms with van der Waals surface area (Å²) in [5.41, 5.74) is 1.23. The molecule has 2 rings (SSSR count).